The summed E-state index contributed by atoms with van der Waals surface area (Å²) in [5.41, 5.74) is 3.14. The summed E-state index contributed by atoms with van der Waals surface area (Å²) in [7, 11) is 0. The van der Waals surface area contributed by atoms with Gasteiger partial charge in [0.25, 0.3) is 0 Å². The van der Waals surface area contributed by atoms with E-state index in [9.17, 15) is 14.6 Å². The third kappa shape index (κ3) is 5.55. The number of anilines is 2. The lowest BCUT2D eigenvalue weighted by atomic mass is 10.1. The van der Waals surface area contributed by atoms with Gasteiger partial charge < -0.3 is 20.8 Å². The summed E-state index contributed by atoms with van der Waals surface area (Å²) in [6.07, 6.45) is 3.66. The number of rotatable bonds is 4. The predicted octanol–water partition coefficient (Wildman–Crippen LogP) is 5.22. The van der Waals surface area contributed by atoms with Crippen molar-refractivity contribution in [3.8, 4) is 11.5 Å². The van der Waals surface area contributed by atoms with Crippen LogP contribution in [-0.2, 0) is 0 Å². The van der Waals surface area contributed by atoms with Crippen molar-refractivity contribution in [1.82, 2.24) is 0 Å². The third-order valence-corrected chi connectivity index (χ3v) is 3.87. The standard InChI is InChI=1S/C21H17FN2O2S/c22-16-5-9-18(10-6-16)24-21(27)23-17-7-3-14(4-8-17)1-2-15-11-19(25)13-20(26)12-15/h1-13,25-26H,(H2,23,24,27)/b2-1+. The Morgan fingerprint density at radius 2 is 1.22 bits per heavy atom. The lowest BCUT2D eigenvalue weighted by molar-refractivity contribution is 0.450. The molecule has 3 aromatic carbocycles. The molecule has 0 amide bonds. The molecule has 0 aliphatic carbocycles. The van der Waals surface area contributed by atoms with E-state index in [1.54, 1.807) is 30.3 Å². The summed E-state index contributed by atoms with van der Waals surface area (Å²) in [6.45, 7) is 0. The van der Waals surface area contributed by atoms with E-state index < -0.39 is 0 Å². The van der Waals surface area contributed by atoms with Crippen molar-refractivity contribution in [3.05, 3.63) is 83.7 Å². The maximum atomic E-state index is 12.9. The van der Waals surface area contributed by atoms with Gasteiger partial charge in [0.15, 0.2) is 5.11 Å². The Bertz CT molecular complexity index is 950. The highest BCUT2D eigenvalue weighted by molar-refractivity contribution is 7.80. The van der Waals surface area contributed by atoms with Gasteiger partial charge >= 0.3 is 0 Å². The van der Waals surface area contributed by atoms with Crippen LogP contribution in [0.5, 0.6) is 11.5 Å². The molecule has 0 spiro atoms. The summed E-state index contributed by atoms with van der Waals surface area (Å²) >= 11 is 5.25. The zero-order valence-electron chi connectivity index (χ0n) is 14.2. The van der Waals surface area contributed by atoms with Crippen molar-refractivity contribution in [2.75, 3.05) is 10.6 Å². The van der Waals surface area contributed by atoms with Crippen molar-refractivity contribution < 1.29 is 14.6 Å². The molecule has 0 radical (unpaired) electrons. The fourth-order valence-electron chi connectivity index (χ4n) is 2.41. The summed E-state index contributed by atoms with van der Waals surface area (Å²) in [5.74, 6) is -0.281. The fourth-order valence-corrected chi connectivity index (χ4v) is 2.65. The Morgan fingerprint density at radius 3 is 1.78 bits per heavy atom. The molecule has 4 nitrogen and oxygen atoms in total. The molecule has 0 fully saturated rings. The van der Waals surface area contributed by atoms with Gasteiger partial charge in [0, 0.05) is 17.4 Å². The molecular weight excluding hydrogens is 363 g/mol. The number of thiocarbonyl (C=S) groups is 1. The molecule has 136 valence electrons. The zero-order chi connectivity index (χ0) is 19.2. The Kier molecular flexibility index (Phi) is 5.68. The maximum absolute atomic E-state index is 12.9. The highest BCUT2D eigenvalue weighted by Crippen LogP contribution is 2.22. The number of benzene rings is 3. The van der Waals surface area contributed by atoms with Crippen molar-refractivity contribution in [1.29, 1.82) is 0 Å². The summed E-state index contributed by atoms with van der Waals surface area (Å²) in [4.78, 5) is 0. The van der Waals surface area contributed by atoms with Gasteiger partial charge in [-0.25, -0.2) is 4.39 Å². The van der Waals surface area contributed by atoms with Crippen LogP contribution in [0.2, 0.25) is 0 Å². The molecule has 0 aromatic heterocycles. The molecular formula is C21H17FN2O2S. The number of aromatic hydroxyl groups is 2. The van der Waals surface area contributed by atoms with Crippen molar-refractivity contribution in [2.45, 2.75) is 0 Å². The monoisotopic (exact) mass is 380 g/mol. The minimum atomic E-state index is -0.302. The predicted molar refractivity (Wildman–Crippen MR) is 111 cm³/mol. The third-order valence-electron chi connectivity index (χ3n) is 3.66. The highest BCUT2D eigenvalue weighted by Gasteiger charge is 2.00. The van der Waals surface area contributed by atoms with Crippen LogP contribution in [0.25, 0.3) is 12.2 Å². The minimum absolute atomic E-state index is 0.0105. The average Bonchev–Trinajstić information content (AvgIpc) is 2.62. The first kappa shape index (κ1) is 18.4. The van der Waals surface area contributed by atoms with Crippen molar-refractivity contribution in [2.24, 2.45) is 0 Å². The number of halogens is 1. The molecule has 0 unspecified atom stereocenters. The van der Waals surface area contributed by atoms with Crippen LogP contribution >= 0.6 is 12.2 Å². The highest BCUT2D eigenvalue weighted by atomic mass is 32.1. The zero-order valence-corrected chi connectivity index (χ0v) is 15.0. The Hall–Kier alpha value is -3.38. The normalized spacial score (nSPS) is 10.7. The van der Waals surface area contributed by atoms with Gasteiger partial charge in [-0.15, -0.1) is 0 Å². The topological polar surface area (TPSA) is 64.5 Å². The minimum Gasteiger partial charge on any atom is -0.508 e. The summed E-state index contributed by atoms with van der Waals surface area (Å²) < 4.78 is 12.9. The van der Waals surface area contributed by atoms with Crippen LogP contribution in [0.15, 0.2) is 66.7 Å². The Morgan fingerprint density at radius 1 is 0.741 bits per heavy atom. The van der Waals surface area contributed by atoms with Crippen molar-refractivity contribution in [3.63, 3.8) is 0 Å². The van der Waals surface area contributed by atoms with Gasteiger partial charge in [-0.3, -0.25) is 0 Å². The largest absolute Gasteiger partial charge is 0.508 e. The second-order valence-electron chi connectivity index (χ2n) is 5.82. The quantitative estimate of drug-likeness (QED) is 0.369. The van der Waals surface area contributed by atoms with Gasteiger partial charge in [-0.1, -0.05) is 24.3 Å². The second kappa shape index (κ2) is 8.33. The number of hydrogen-bond donors (Lipinski definition) is 4. The lowest BCUT2D eigenvalue weighted by Gasteiger charge is -2.10. The second-order valence-corrected chi connectivity index (χ2v) is 6.23. The molecule has 6 heteroatoms. The van der Waals surface area contributed by atoms with Gasteiger partial charge in [-0.05, 0) is 71.9 Å². The number of phenolic OH excluding ortho intramolecular Hbond substituents is 2. The molecule has 0 aliphatic heterocycles. The number of hydrogen-bond acceptors (Lipinski definition) is 3. The molecule has 0 aliphatic rings. The lowest BCUT2D eigenvalue weighted by Crippen LogP contribution is -2.18. The van der Waals surface area contributed by atoms with E-state index in [2.05, 4.69) is 10.6 Å². The molecule has 27 heavy (non-hydrogen) atoms. The Labute approximate surface area is 161 Å². The summed E-state index contributed by atoms with van der Waals surface area (Å²) in [6, 6.07) is 17.9. The molecule has 4 N–H and O–H groups in total. The smallest absolute Gasteiger partial charge is 0.175 e. The van der Waals surface area contributed by atoms with Gasteiger partial charge in [0.05, 0.1) is 0 Å². The van der Waals surface area contributed by atoms with Gasteiger partial charge in [0.2, 0.25) is 0 Å². The van der Waals surface area contributed by atoms with Gasteiger partial charge in [-0.2, -0.15) is 0 Å². The molecule has 0 saturated carbocycles. The fraction of sp³-hybridized carbons (Fsp3) is 0. The van der Waals surface area contributed by atoms with E-state index in [1.165, 1.54) is 18.2 Å². The molecule has 0 saturated heterocycles. The molecule has 0 atom stereocenters. The van der Waals surface area contributed by atoms with E-state index in [4.69, 9.17) is 12.2 Å². The summed E-state index contributed by atoms with van der Waals surface area (Å²) in [5, 5.41) is 25.4. The van der Waals surface area contributed by atoms with Crippen LogP contribution in [0, 0.1) is 5.82 Å². The van der Waals surface area contributed by atoms with Crippen LogP contribution in [-0.4, -0.2) is 15.3 Å². The van der Waals surface area contributed by atoms with Crippen LogP contribution in [0.4, 0.5) is 15.8 Å². The first-order valence-corrected chi connectivity index (χ1v) is 8.53. The van der Waals surface area contributed by atoms with E-state index in [-0.39, 0.29) is 17.3 Å². The average molecular weight is 380 g/mol. The van der Waals surface area contributed by atoms with Crippen LogP contribution < -0.4 is 10.6 Å². The van der Waals surface area contributed by atoms with E-state index in [0.29, 0.717) is 16.4 Å². The first-order valence-electron chi connectivity index (χ1n) is 8.13. The van der Waals surface area contributed by atoms with Gasteiger partial charge in [0.1, 0.15) is 17.3 Å². The molecule has 0 heterocycles. The Balaban J connectivity index is 1.60. The van der Waals surface area contributed by atoms with E-state index >= 15 is 0 Å². The maximum Gasteiger partial charge on any atom is 0.175 e. The molecule has 0 bridgehead atoms. The molecule has 3 rings (SSSR count). The number of phenols is 2. The van der Waals surface area contributed by atoms with Crippen molar-refractivity contribution >= 4 is 40.9 Å². The first-order chi connectivity index (χ1) is 13.0. The number of nitrogens with one attached hydrogen (secondary N) is 2. The SMILES string of the molecule is Oc1cc(O)cc(/C=C/c2ccc(NC(=S)Nc3ccc(F)cc3)cc2)c1. The van der Waals surface area contributed by atoms with Crippen LogP contribution in [0.1, 0.15) is 11.1 Å². The van der Waals surface area contributed by atoms with E-state index in [0.717, 1.165) is 11.3 Å². The molecule has 3 aromatic rings. The van der Waals surface area contributed by atoms with Crippen LogP contribution in [0.3, 0.4) is 0 Å². The van der Waals surface area contributed by atoms with E-state index in [1.807, 2.05) is 30.3 Å².